The normalized spacial score (nSPS) is 13.3. The van der Waals surface area contributed by atoms with E-state index in [2.05, 4.69) is 41.2 Å². The zero-order valence-electron chi connectivity index (χ0n) is 10.9. The van der Waals surface area contributed by atoms with Gasteiger partial charge in [0.1, 0.15) is 0 Å². The molecule has 0 aliphatic heterocycles. The highest BCUT2D eigenvalue weighted by Gasteiger charge is 2.37. The van der Waals surface area contributed by atoms with E-state index in [1.54, 1.807) is 0 Å². The van der Waals surface area contributed by atoms with Gasteiger partial charge in [0.05, 0.1) is 0 Å². The highest BCUT2D eigenvalue weighted by atomic mass is 28.4. The molecule has 0 aromatic rings. The Bertz CT molecular complexity index is 143. The summed E-state index contributed by atoms with van der Waals surface area (Å²) in [4.78, 5) is 0. The predicted molar refractivity (Wildman–Crippen MR) is 70.9 cm³/mol. The van der Waals surface area contributed by atoms with E-state index in [0.29, 0.717) is 0 Å². The van der Waals surface area contributed by atoms with E-state index in [0.717, 1.165) is 0 Å². The highest BCUT2D eigenvalue weighted by Crippen LogP contribution is 2.29. The molecular formula is C11H28OSi2. The van der Waals surface area contributed by atoms with Crippen LogP contribution in [0.15, 0.2) is 0 Å². The monoisotopic (exact) mass is 232 g/mol. The van der Waals surface area contributed by atoms with Crippen LogP contribution < -0.4 is 0 Å². The zero-order chi connectivity index (χ0) is 11.2. The molecule has 0 unspecified atom stereocenters. The Balaban J connectivity index is 4.56. The van der Waals surface area contributed by atoms with Gasteiger partial charge in [0.25, 0.3) is 0 Å². The van der Waals surface area contributed by atoms with Crippen LogP contribution in [0.5, 0.6) is 0 Å². The molecule has 0 bridgehead atoms. The molecule has 0 N–H and O–H groups in total. The van der Waals surface area contributed by atoms with Gasteiger partial charge < -0.3 is 4.12 Å². The lowest BCUT2D eigenvalue weighted by atomic mass is 10.9. The van der Waals surface area contributed by atoms with Crippen molar-refractivity contribution >= 4 is 16.6 Å². The Hall–Kier alpha value is 0.394. The summed E-state index contributed by atoms with van der Waals surface area (Å²) in [5.41, 5.74) is 0. The molecule has 0 saturated carbocycles. The van der Waals surface area contributed by atoms with Gasteiger partial charge in [0, 0.05) is 0 Å². The topological polar surface area (TPSA) is 9.23 Å². The molecular weight excluding hydrogens is 204 g/mol. The minimum absolute atomic E-state index is 1.28. The van der Waals surface area contributed by atoms with Crippen molar-refractivity contribution in [1.29, 1.82) is 0 Å². The fraction of sp³-hybridized carbons (Fsp3) is 1.00. The van der Waals surface area contributed by atoms with Crippen LogP contribution in [0.3, 0.4) is 0 Å². The van der Waals surface area contributed by atoms with E-state index in [1.807, 2.05) is 0 Å². The molecule has 0 amide bonds. The molecule has 3 heteroatoms. The molecule has 0 heterocycles. The van der Waals surface area contributed by atoms with Crippen molar-refractivity contribution in [3.63, 3.8) is 0 Å². The molecule has 0 aromatic heterocycles. The van der Waals surface area contributed by atoms with Gasteiger partial charge in [-0.1, -0.05) is 34.6 Å². The quantitative estimate of drug-likeness (QED) is 0.582. The highest BCUT2D eigenvalue weighted by molar-refractivity contribution is 6.86. The zero-order valence-corrected chi connectivity index (χ0v) is 12.9. The summed E-state index contributed by atoms with van der Waals surface area (Å²) in [6, 6.07) is 6.43. The summed E-state index contributed by atoms with van der Waals surface area (Å²) in [7, 11) is -2.67. The average molecular weight is 233 g/mol. The van der Waals surface area contributed by atoms with E-state index in [1.165, 1.54) is 30.2 Å². The fourth-order valence-electron chi connectivity index (χ4n) is 1.88. The predicted octanol–water partition coefficient (Wildman–Crippen LogP) is 4.62. The van der Waals surface area contributed by atoms with Crippen molar-refractivity contribution in [1.82, 2.24) is 0 Å². The third-order valence-electron chi connectivity index (χ3n) is 3.89. The second-order valence-electron chi connectivity index (χ2n) is 4.50. The van der Waals surface area contributed by atoms with Gasteiger partial charge in [0.2, 0.25) is 0 Å². The van der Waals surface area contributed by atoms with Gasteiger partial charge in [-0.25, -0.2) is 0 Å². The van der Waals surface area contributed by atoms with Gasteiger partial charge in [-0.2, -0.15) is 0 Å². The first-order chi connectivity index (χ1) is 6.51. The minimum atomic E-state index is -1.33. The van der Waals surface area contributed by atoms with Gasteiger partial charge in [-0.05, 0) is 36.8 Å². The van der Waals surface area contributed by atoms with E-state index in [4.69, 9.17) is 4.12 Å². The van der Waals surface area contributed by atoms with Crippen molar-refractivity contribution in [2.75, 3.05) is 0 Å². The fourth-order valence-corrected chi connectivity index (χ4v) is 11.0. The molecule has 1 nitrogen and oxygen atoms in total. The average Bonchev–Trinajstić information content (AvgIpc) is 2.26. The van der Waals surface area contributed by atoms with E-state index in [-0.39, 0.29) is 0 Å². The Morgan fingerprint density at radius 3 is 1.29 bits per heavy atom. The molecule has 0 radical (unpaired) electrons. The molecule has 0 atom stereocenters. The van der Waals surface area contributed by atoms with Crippen molar-refractivity contribution in [2.45, 2.75) is 71.4 Å². The summed E-state index contributed by atoms with van der Waals surface area (Å²) in [5, 5.41) is 0. The largest absolute Gasteiger partial charge is 0.455 e. The molecule has 0 saturated heterocycles. The summed E-state index contributed by atoms with van der Waals surface area (Å²) >= 11 is 0. The van der Waals surface area contributed by atoms with Crippen molar-refractivity contribution in [3.8, 4) is 0 Å². The molecule has 86 valence electrons. The van der Waals surface area contributed by atoms with E-state index in [9.17, 15) is 0 Å². The molecule has 0 fully saturated rings. The Kier molecular flexibility index (Phi) is 6.25. The SMILES string of the molecule is CC[Si](C)(CC)O[Si](CC)(CC)CC. The van der Waals surface area contributed by atoms with Crippen molar-refractivity contribution in [3.05, 3.63) is 0 Å². The molecule has 0 spiro atoms. The lowest BCUT2D eigenvalue weighted by Crippen LogP contribution is -2.48. The molecule has 0 aromatic carbocycles. The van der Waals surface area contributed by atoms with Crippen LogP contribution in [-0.2, 0) is 4.12 Å². The maximum Gasteiger partial charge on any atom is 0.178 e. The van der Waals surface area contributed by atoms with E-state index < -0.39 is 16.6 Å². The number of hydrogen-bond acceptors (Lipinski definition) is 1. The Labute approximate surface area is 92.5 Å². The third kappa shape index (κ3) is 3.52. The molecule has 0 aliphatic rings. The van der Waals surface area contributed by atoms with Gasteiger partial charge in [0.15, 0.2) is 16.6 Å². The van der Waals surface area contributed by atoms with Gasteiger partial charge in [-0.15, -0.1) is 0 Å². The summed E-state index contributed by atoms with van der Waals surface area (Å²) < 4.78 is 6.65. The number of hydrogen-bond donors (Lipinski definition) is 0. The van der Waals surface area contributed by atoms with Crippen LogP contribution in [-0.4, -0.2) is 16.6 Å². The maximum atomic E-state index is 6.65. The van der Waals surface area contributed by atoms with Crippen molar-refractivity contribution < 1.29 is 4.12 Å². The summed E-state index contributed by atoms with van der Waals surface area (Å²) in [5.74, 6) is 0. The van der Waals surface area contributed by atoms with Gasteiger partial charge in [-0.3, -0.25) is 0 Å². The lowest BCUT2D eigenvalue weighted by Gasteiger charge is -2.38. The summed E-state index contributed by atoms with van der Waals surface area (Å²) in [6.45, 7) is 14.0. The van der Waals surface area contributed by atoms with Crippen LogP contribution in [0.1, 0.15) is 34.6 Å². The molecule has 0 rings (SSSR count). The Morgan fingerprint density at radius 2 is 1.07 bits per heavy atom. The van der Waals surface area contributed by atoms with Crippen LogP contribution in [0.2, 0.25) is 36.8 Å². The van der Waals surface area contributed by atoms with Crippen LogP contribution >= 0.6 is 0 Å². The molecule has 0 aliphatic carbocycles. The second-order valence-corrected chi connectivity index (χ2v) is 14.1. The van der Waals surface area contributed by atoms with Gasteiger partial charge >= 0.3 is 0 Å². The van der Waals surface area contributed by atoms with Crippen LogP contribution in [0.25, 0.3) is 0 Å². The smallest absolute Gasteiger partial charge is 0.178 e. The third-order valence-corrected chi connectivity index (χ3v) is 14.5. The first-order valence-corrected chi connectivity index (χ1v) is 11.6. The van der Waals surface area contributed by atoms with Crippen LogP contribution in [0, 0.1) is 0 Å². The first-order valence-electron chi connectivity index (χ1n) is 6.21. The van der Waals surface area contributed by atoms with E-state index >= 15 is 0 Å². The maximum absolute atomic E-state index is 6.65. The lowest BCUT2D eigenvalue weighted by molar-refractivity contribution is 0.517. The number of rotatable bonds is 7. The Morgan fingerprint density at radius 1 is 0.714 bits per heavy atom. The second kappa shape index (κ2) is 6.08. The van der Waals surface area contributed by atoms with Crippen molar-refractivity contribution in [2.24, 2.45) is 0 Å². The minimum Gasteiger partial charge on any atom is -0.455 e. The standard InChI is InChI=1S/C11H28OSi2/c1-7-13(6,8-2)12-14(9-3,10-4)11-5/h7-11H2,1-6H3. The van der Waals surface area contributed by atoms with Crippen LogP contribution in [0.4, 0.5) is 0 Å². The first kappa shape index (κ1) is 14.4. The molecule has 14 heavy (non-hydrogen) atoms. The summed E-state index contributed by atoms with van der Waals surface area (Å²) in [6.07, 6.45) is 0.